The second kappa shape index (κ2) is 8.18. The number of nitrogens with one attached hydrogen (secondary N) is 1. The van der Waals surface area contributed by atoms with E-state index in [0.29, 0.717) is 5.75 Å². The first kappa shape index (κ1) is 20.1. The van der Waals surface area contributed by atoms with Crippen molar-refractivity contribution < 1.29 is 22.7 Å². The van der Waals surface area contributed by atoms with Crippen LogP contribution in [0.2, 0.25) is 0 Å². The molecule has 2 heterocycles. The number of aromatic nitrogens is 1. The Hall–Kier alpha value is -2.61. The third-order valence-electron chi connectivity index (χ3n) is 4.74. The fraction of sp³-hybridized carbons (Fsp3) is 0.400. The topological polar surface area (TPSA) is 54.5 Å². The molecule has 150 valence electrons. The highest BCUT2D eigenvalue weighted by Crippen LogP contribution is 2.31. The van der Waals surface area contributed by atoms with E-state index in [1.165, 1.54) is 0 Å². The molecule has 0 spiro atoms. The summed E-state index contributed by atoms with van der Waals surface area (Å²) in [7, 11) is 1.64. The van der Waals surface area contributed by atoms with Gasteiger partial charge in [0, 0.05) is 32.9 Å². The Morgan fingerprint density at radius 2 is 1.96 bits per heavy atom. The van der Waals surface area contributed by atoms with Gasteiger partial charge in [0.2, 0.25) is 5.91 Å². The van der Waals surface area contributed by atoms with Gasteiger partial charge in [0.1, 0.15) is 11.9 Å². The molecular formula is C20H22F3N3O2. The molecule has 1 aromatic carbocycles. The van der Waals surface area contributed by atoms with Gasteiger partial charge in [-0.05, 0) is 36.8 Å². The highest BCUT2D eigenvalue weighted by molar-refractivity contribution is 5.79. The van der Waals surface area contributed by atoms with Crippen LogP contribution in [0.4, 0.5) is 13.2 Å². The van der Waals surface area contributed by atoms with E-state index in [1.54, 1.807) is 26.1 Å². The van der Waals surface area contributed by atoms with Crippen molar-refractivity contribution in [3.8, 4) is 5.75 Å². The smallest absolute Gasteiger partial charge is 0.416 e. The highest BCUT2D eigenvalue weighted by Gasteiger charge is 2.32. The zero-order valence-corrected chi connectivity index (χ0v) is 15.7. The maximum Gasteiger partial charge on any atom is 0.416 e. The predicted molar refractivity (Wildman–Crippen MR) is 97.6 cm³/mol. The van der Waals surface area contributed by atoms with Crippen molar-refractivity contribution >= 4 is 5.91 Å². The van der Waals surface area contributed by atoms with E-state index in [0.717, 1.165) is 43.5 Å². The first-order chi connectivity index (χ1) is 13.3. The number of halogens is 3. The second-order valence-electron chi connectivity index (χ2n) is 6.88. The van der Waals surface area contributed by atoms with Crippen molar-refractivity contribution in [2.24, 2.45) is 5.92 Å². The van der Waals surface area contributed by atoms with Gasteiger partial charge in [0.15, 0.2) is 0 Å². The Bertz CT molecular complexity index is 818. The third kappa shape index (κ3) is 4.81. The zero-order valence-electron chi connectivity index (χ0n) is 15.7. The minimum atomic E-state index is -4.41. The van der Waals surface area contributed by atoms with Crippen molar-refractivity contribution in [2.75, 3.05) is 20.1 Å². The average molecular weight is 393 g/mol. The van der Waals surface area contributed by atoms with E-state index in [2.05, 4.69) is 15.2 Å². The van der Waals surface area contributed by atoms with Gasteiger partial charge >= 0.3 is 6.18 Å². The van der Waals surface area contributed by atoms with Crippen LogP contribution in [0, 0.1) is 5.92 Å². The fourth-order valence-electron chi connectivity index (χ4n) is 3.11. The van der Waals surface area contributed by atoms with E-state index in [4.69, 9.17) is 4.74 Å². The number of alkyl halides is 3. The van der Waals surface area contributed by atoms with Gasteiger partial charge in [-0.2, -0.15) is 13.2 Å². The van der Waals surface area contributed by atoms with Crippen LogP contribution in [0.15, 0.2) is 42.6 Å². The van der Waals surface area contributed by atoms with Crippen LogP contribution in [0.25, 0.3) is 0 Å². The quantitative estimate of drug-likeness (QED) is 0.817. The molecule has 0 aliphatic carbocycles. The lowest BCUT2D eigenvalue weighted by Gasteiger charge is -2.38. The van der Waals surface area contributed by atoms with Crippen molar-refractivity contribution in [1.82, 2.24) is 15.2 Å². The van der Waals surface area contributed by atoms with Crippen LogP contribution in [0.3, 0.4) is 0 Å². The summed E-state index contributed by atoms with van der Waals surface area (Å²) in [6.45, 7) is 3.86. The molecule has 0 saturated carbocycles. The van der Waals surface area contributed by atoms with Crippen LogP contribution in [-0.2, 0) is 17.5 Å². The number of carbonyl (C=O) groups excluding carboxylic acids is 1. The number of hydrogen-bond acceptors (Lipinski definition) is 4. The maximum atomic E-state index is 12.8. The SMILES string of the molecule is CNC(=O)C1CN(Cc2ccc(OC(C)c3cc(C(F)(F)F)ccn3)cc2)C1. The molecule has 1 atom stereocenters. The zero-order chi connectivity index (χ0) is 20.3. The number of hydrogen-bond donors (Lipinski definition) is 1. The Balaban J connectivity index is 1.55. The van der Waals surface area contributed by atoms with E-state index < -0.39 is 17.8 Å². The van der Waals surface area contributed by atoms with E-state index in [1.807, 2.05) is 12.1 Å². The monoisotopic (exact) mass is 393 g/mol. The Labute approximate surface area is 161 Å². The van der Waals surface area contributed by atoms with Gasteiger partial charge in [-0.25, -0.2) is 0 Å². The number of rotatable bonds is 6. The molecule has 1 aliphatic rings. The molecular weight excluding hydrogens is 371 g/mol. The lowest BCUT2D eigenvalue weighted by atomic mass is 9.98. The minimum Gasteiger partial charge on any atom is -0.484 e. The molecule has 1 unspecified atom stereocenters. The molecule has 1 aromatic heterocycles. The van der Waals surface area contributed by atoms with Crippen molar-refractivity contribution in [1.29, 1.82) is 0 Å². The Morgan fingerprint density at radius 1 is 1.29 bits per heavy atom. The largest absolute Gasteiger partial charge is 0.484 e. The average Bonchev–Trinajstić information content (AvgIpc) is 2.64. The summed E-state index contributed by atoms with van der Waals surface area (Å²) < 4.78 is 44.2. The molecule has 28 heavy (non-hydrogen) atoms. The molecule has 3 rings (SSSR count). The first-order valence-electron chi connectivity index (χ1n) is 8.99. The summed E-state index contributed by atoms with van der Waals surface area (Å²) >= 11 is 0. The number of benzene rings is 1. The summed E-state index contributed by atoms with van der Waals surface area (Å²) in [4.78, 5) is 17.7. The highest BCUT2D eigenvalue weighted by atomic mass is 19.4. The van der Waals surface area contributed by atoms with Crippen molar-refractivity contribution in [3.63, 3.8) is 0 Å². The van der Waals surface area contributed by atoms with Gasteiger partial charge in [-0.1, -0.05) is 12.1 Å². The molecule has 5 nitrogen and oxygen atoms in total. The minimum absolute atomic E-state index is 0.0495. The van der Waals surface area contributed by atoms with Crippen molar-refractivity contribution in [2.45, 2.75) is 25.7 Å². The van der Waals surface area contributed by atoms with Crippen LogP contribution < -0.4 is 10.1 Å². The summed E-state index contributed by atoms with van der Waals surface area (Å²) in [5.41, 5.74) is 0.556. The third-order valence-corrected chi connectivity index (χ3v) is 4.74. The second-order valence-corrected chi connectivity index (χ2v) is 6.88. The number of nitrogens with zero attached hydrogens (tertiary/aromatic N) is 2. The van der Waals surface area contributed by atoms with Gasteiger partial charge in [0.05, 0.1) is 17.2 Å². The molecule has 1 saturated heterocycles. The fourth-order valence-corrected chi connectivity index (χ4v) is 3.11. The molecule has 2 aromatic rings. The number of amides is 1. The van der Waals surface area contributed by atoms with Crippen LogP contribution in [0.5, 0.6) is 5.75 Å². The van der Waals surface area contributed by atoms with Gasteiger partial charge < -0.3 is 10.1 Å². The van der Waals surface area contributed by atoms with Gasteiger partial charge in [-0.15, -0.1) is 0 Å². The number of carbonyl (C=O) groups is 1. The number of pyridine rings is 1. The summed E-state index contributed by atoms with van der Waals surface area (Å²) in [6.07, 6.45) is -3.88. The van der Waals surface area contributed by atoms with E-state index in [-0.39, 0.29) is 17.5 Å². The summed E-state index contributed by atoms with van der Waals surface area (Å²) in [6, 6.07) is 9.34. The lowest BCUT2D eigenvalue weighted by molar-refractivity contribution is -0.137. The number of likely N-dealkylation sites (tertiary alicyclic amines) is 1. The normalized spacial score (nSPS) is 16.3. The molecule has 8 heteroatoms. The molecule has 1 amide bonds. The van der Waals surface area contributed by atoms with E-state index >= 15 is 0 Å². The molecule has 1 fully saturated rings. The van der Waals surface area contributed by atoms with Crippen LogP contribution in [0.1, 0.15) is 29.8 Å². The lowest BCUT2D eigenvalue weighted by Crippen LogP contribution is -2.52. The Morgan fingerprint density at radius 3 is 2.57 bits per heavy atom. The first-order valence-corrected chi connectivity index (χ1v) is 8.99. The molecule has 1 aliphatic heterocycles. The predicted octanol–water partition coefficient (Wildman–Crippen LogP) is 3.42. The van der Waals surface area contributed by atoms with Crippen LogP contribution >= 0.6 is 0 Å². The Kier molecular flexibility index (Phi) is 5.88. The molecule has 0 bridgehead atoms. The summed E-state index contributed by atoms with van der Waals surface area (Å²) in [5.74, 6) is 0.674. The standard InChI is InChI=1S/C20H22F3N3O2/c1-13(18-9-16(7-8-25-18)20(21,22)23)28-17-5-3-14(4-6-17)10-26-11-15(12-26)19(27)24-2/h3-9,13,15H,10-12H2,1-2H3,(H,24,27). The van der Waals surface area contributed by atoms with Gasteiger partial charge in [0.25, 0.3) is 0 Å². The van der Waals surface area contributed by atoms with E-state index in [9.17, 15) is 18.0 Å². The number of ether oxygens (including phenoxy) is 1. The van der Waals surface area contributed by atoms with Gasteiger partial charge in [-0.3, -0.25) is 14.7 Å². The van der Waals surface area contributed by atoms with Crippen molar-refractivity contribution in [3.05, 3.63) is 59.4 Å². The molecule has 1 N–H and O–H groups in total. The molecule has 0 radical (unpaired) electrons. The van der Waals surface area contributed by atoms with Crippen LogP contribution in [-0.4, -0.2) is 35.9 Å². The summed E-state index contributed by atoms with van der Waals surface area (Å²) in [5, 5.41) is 2.65. The maximum absolute atomic E-state index is 12.8.